The lowest BCUT2D eigenvalue weighted by atomic mass is 9.90. The highest BCUT2D eigenvalue weighted by Crippen LogP contribution is 2.20. The van der Waals surface area contributed by atoms with Crippen LogP contribution in [0.15, 0.2) is 24.3 Å². The van der Waals surface area contributed by atoms with Crippen molar-refractivity contribution in [1.82, 2.24) is 10.2 Å². The van der Waals surface area contributed by atoms with Crippen LogP contribution >= 0.6 is 0 Å². The highest BCUT2D eigenvalue weighted by molar-refractivity contribution is 5.79. The Labute approximate surface area is 150 Å². The summed E-state index contributed by atoms with van der Waals surface area (Å²) < 4.78 is 5.19. The largest absolute Gasteiger partial charge is 0.497 e. The number of ether oxygens (including phenoxy) is 1. The minimum atomic E-state index is -0.817. The minimum Gasteiger partial charge on any atom is -0.497 e. The molecule has 1 aromatic rings. The molecule has 2 rings (SSSR count). The Kier molecular flexibility index (Phi) is 6.27. The van der Waals surface area contributed by atoms with Crippen molar-refractivity contribution in [3.8, 4) is 11.8 Å². The lowest BCUT2D eigenvalue weighted by Gasteiger charge is -2.36. The molecule has 1 N–H and O–H groups in total. The Morgan fingerprint density at radius 3 is 2.36 bits per heavy atom. The molecule has 6 heteroatoms. The normalized spacial score (nSPS) is 17.7. The zero-order chi connectivity index (χ0) is 18.4. The molecule has 1 amide bonds. The van der Waals surface area contributed by atoms with Crippen LogP contribution in [0.3, 0.4) is 0 Å². The van der Waals surface area contributed by atoms with E-state index < -0.39 is 5.54 Å². The van der Waals surface area contributed by atoms with Crippen LogP contribution in [0, 0.1) is 17.2 Å². The minimum absolute atomic E-state index is 0.0633. The number of carbonyl (C=O) groups is 1. The van der Waals surface area contributed by atoms with Gasteiger partial charge in [0, 0.05) is 31.9 Å². The molecule has 0 radical (unpaired) electrons. The average Bonchev–Trinajstić information content (AvgIpc) is 2.62. The molecule has 1 saturated heterocycles. The van der Waals surface area contributed by atoms with E-state index in [0.717, 1.165) is 31.9 Å². The summed E-state index contributed by atoms with van der Waals surface area (Å²) >= 11 is 0. The number of nitriles is 1. The fourth-order valence-electron chi connectivity index (χ4n) is 2.79. The lowest BCUT2D eigenvalue weighted by molar-refractivity contribution is -0.124. The maximum Gasteiger partial charge on any atom is 0.235 e. The first-order valence-corrected chi connectivity index (χ1v) is 8.71. The Morgan fingerprint density at radius 2 is 1.88 bits per heavy atom. The molecular weight excluding hydrogens is 316 g/mol. The fraction of sp³-hybridized carbons (Fsp3) is 0.579. The van der Waals surface area contributed by atoms with Crippen LogP contribution in [0.5, 0.6) is 5.75 Å². The summed E-state index contributed by atoms with van der Waals surface area (Å²) in [5.41, 5.74) is 0.351. The number of nitrogens with one attached hydrogen (secondary N) is 1. The Hall–Kier alpha value is -2.26. The summed E-state index contributed by atoms with van der Waals surface area (Å²) in [4.78, 5) is 16.7. The second-order valence-corrected chi connectivity index (χ2v) is 6.98. The summed E-state index contributed by atoms with van der Waals surface area (Å²) in [5, 5.41) is 12.2. The molecule has 1 aliphatic rings. The van der Waals surface area contributed by atoms with Gasteiger partial charge in [-0.1, -0.05) is 13.8 Å². The summed E-state index contributed by atoms with van der Waals surface area (Å²) in [6.45, 7) is 9.39. The second-order valence-electron chi connectivity index (χ2n) is 6.98. The standard InChI is InChI=1S/C19H28N4O2/c1-15(2)19(3,14-20)21-18(24)13-22-9-11-23(12-10-22)16-5-7-17(25-4)8-6-16/h5-8,15H,9-13H2,1-4H3,(H,21,24)/t19-/m1/s1. The SMILES string of the molecule is COc1ccc(N2CCN(CC(=O)N[C@](C)(C#N)C(C)C)CC2)cc1. The third-order valence-electron chi connectivity index (χ3n) is 4.96. The van der Waals surface area contributed by atoms with Gasteiger partial charge in [-0.25, -0.2) is 0 Å². The Morgan fingerprint density at radius 1 is 1.28 bits per heavy atom. The molecule has 1 atom stereocenters. The van der Waals surface area contributed by atoms with Crippen LogP contribution < -0.4 is 15.0 Å². The van der Waals surface area contributed by atoms with E-state index in [-0.39, 0.29) is 11.8 Å². The molecule has 25 heavy (non-hydrogen) atoms. The van der Waals surface area contributed by atoms with Gasteiger partial charge in [0.15, 0.2) is 0 Å². The van der Waals surface area contributed by atoms with Crippen LogP contribution in [-0.4, -0.2) is 56.2 Å². The van der Waals surface area contributed by atoms with Gasteiger partial charge in [0.25, 0.3) is 0 Å². The third-order valence-corrected chi connectivity index (χ3v) is 4.96. The van der Waals surface area contributed by atoms with E-state index in [4.69, 9.17) is 4.74 Å². The maximum atomic E-state index is 12.3. The van der Waals surface area contributed by atoms with Gasteiger partial charge < -0.3 is 15.0 Å². The molecule has 0 bridgehead atoms. The van der Waals surface area contributed by atoms with E-state index in [1.54, 1.807) is 14.0 Å². The van der Waals surface area contributed by atoms with Gasteiger partial charge in [0.2, 0.25) is 5.91 Å². The fourth-order valence-corrected chi connectivity index (χ4v) is 2.79. The van der Waals surface area contributed by atoms with E-state index >= 15 is 0 Å². The van der Waals surface area contributed by atoms with Crippen molar-refractivity contribution in [2.24, 2.45) is 5.92 Å². The Balaban J connectivity index is 1.83. The van der Waals surface area contributed by atoms with Crippen molar-refractivity contribution in [2.75, 3.05) is 44.7 Å². The first-order valence-electron chi connectivity index (χ1n) is 8.71. The predicted octanol–water partition coefficient (Wildman–Crippen LogP) is 1.87. The number of nitrogens with zero attached hydrogens (tertiary/aromatic N) is 3. The number of benzene rings is 1. The number of amides is 1. The predicted molar refractivity (Wildman–Crippen MR) is 98.6 cm³/mol. The molecule has 0 aliphatic carbocycles. The van der Waals surface area contributed by atoms with Crippen LogP contribution in [-0.2, 0) is 4.79 Å². The van der Waals surface area contributed by atoms with Crippen molar-refractivity contribution in [3.63, 3.8) is 0 Å². The van der Waals surface area contributed by atoms with Gasteiger partial charge in [0.1, 0.15) is 11.3 Å². The number of hydrogen-bond donors (Lipinski definition) is 1. The molecule has 1 heterocycles. The molecule has 1 aliphatic heterocycles. The Bertz CT molecular complexity index is 615. The molecule has 1 aromatic carbocycles. The number of hydrogen-bond acceptors (Lipinski definition) is 5. The summed E-state index contributed by atoms with van der Waals surface area (Å²) in [7, 11) is 1.66. The molecule has 0 saturated carbocycles. The summed E-state index contributed by atoms with van der Waals surface area (Å²) in [6, 6.07) is 10.3. The highest BCUT2D eigenvalue weighted by Gasteiger charge is 2.30. The molecule has 0 unspecified atom stereocenters. The molecule has 1 fully saturated rings. The zero-order valence-corrected chi connectivity index (χ0v) is 15.6. The van der Waals surface area contributed by atoms with Gasteiger partial charge in [-0.05, 0) is 37.1 Å². The van der Waals surface area contributed by atoms with Gasteiger partial charge in [-0.2, -0.15) is 5.26 Å². The number of carbonyl (C=O) groups excluding carboxylic acids is 1. The van der Waals surface area contributed by atoms with Gasteiger partial charge in [-0.15, -0.1) is 0 Å². The molecule has 6 nitrogen and oxygen atoms in total. The number of piperazine rings is 1. The van der Waals surface area contributed by atoms with E-state index in [2.05, 4.69) is 33.3 Å². The van der Waals surface area contributed by atoms with Crippen molar-refractivity contribution in [1.29, 1.82) is 5.26 Å². The highest BCUT2D eigenvalue weighted by atomic mass is 16.5. The maximum absolute atomic E-state index is 12.3. The van der Waals surface area contributed by atoms with Crippen molar-refractivity contribution >= 4 is 11.6 Å². The van der Waals surface area contributed by atoms with Crippen LogP contribution in [0.25, 0.3) is 0 Å². The van der Waals surface area contributed by atoms with Crippen LogP contribution in [0.4, 0.5) is 5.69 Å². The van der Waals surface area contributed by atoms with Crippen molar-refractivity contribution in [3.05, 3.63) is 24.3 Å². The van der Waals surface area contributed by atoms with E-state index in [1.807, 2.05) is 26.0 Å². The number of methoxy groups -OCH3 is 1. The van der Waals surface area contributed by atoms with E-state index in [9.17, 15) is 10.1 Å². The lowest BCUT2D eigenvalue weighted by Crippen LogP contribution is -2.54. The summed E-state index contributed by atoms with van der Waals surface area (Å²) in [6.07, 6.45) is 0. The van der Waals surface area contributed by atoms with Crippen molar-refractivity contribution in [2.45, 2.75) is 26.3 Å². The first kappa shape index (κ1) is 19.1. The number of rotatable bonds is 6. The molecular formula is C19H28N4O2. The second kappa shape index (κ2) is 8.21. The van der Waals surface area contributed by atoms with Crippen LogP contribution in [0.1, 0.15) is 20.8 Å². The number of anilines is 1. The monoisotopic (exact) mass is 344 g/mol. The van der Waals surface area contributed by atoms with Crippen LogP contribution in [0.2, 0.25) is 0 Å². The average molecular weight is 344 g/mol. The first-order chi connectivity index (χ1) is 11.9. The quantitative estimate of drug-likeness (QED) is 0.853. The van der Waals surface area contributed by atoms with Gasteiger partial charge in [0.05, 0.1) is 19.7 Å². The van der Waals surface area contributed by atoms with E-state index in [1.165, 1.54) is 5.69 Å². The topological polar surface area (TPSA) is 68.6 Å². The van der Waals surface area contributed by atoms with Crippen molar-refractivity contribution < 1.29 is 9.53 Å². The molecule has 136 valence electrons. The zero-order valence-electron chi connectivity index (χ0n) is 15.6. The van der Waals surface area contributed by atoms with Gasteiger partial charge in [-0.3, -0.25) is 9.69 Å². The van der Waals surface area contributed by atoms with E-state index in [0.29, 0.717) is 6.54 Å². The summed E-state index contributed by atoms with van der Waals surface area (Å²) in [5.74, 6) is 0.828. The smallest absolute Gasteiger partial charge is 0.235 e. The third kappa shape index (κ3) is 4.86. The molecule has 0 spiro atoms. The van der Waals surface area contributed by atoms with Gasteiger partial charge >= 0.3 is 0 Å². The molecule has 0 aromatic heterocycles.